The van der Waals surface area contributed by atoms with E-state index in [0.717, 1.165) is 13.0 Å². The van der Waals surface area contributed by atoms with Gasteiger partial charge in [0.15, 0.2) is 0 Å². The molecular formula is C8H16N4. The monoisotopic (exact) mass is 168 g/mol. The molecule has 0 unspecified atom stereocenters. The summed E-state index contributed by atoms with van der Waals surface area (Å²) in [6.45, 7) is 5.92. The molecule has 1 heterocycles. The minimum atomic E-state index is 0.200. The molecule has 1 aromatic rings. The van der Waals surface area contributed by atoms with Crippen molar-refractivity contribution >= 4 is 0 Å². The molecule has 12 heavy (non-hydrogen) atoms. The Morgan fingerprint density at radius 2 is 2.25 bits per heavy atom. The fourth-order valence-electron chi connectivity index (χ4n) is 0.867. The topological polar surface area (TPSA) is 56.7 Å². The summed E-state index contributed by atoms with van der Waals surface area (Å²) in [6.07, 6.45) is 4.31. The molecule has 0 bridgehead atoms. The van der Waals surface area contributed by atoms with Gasteiger partial charge in [-0.2, -0.15) is 5.10 Å². The molecular weight excluding hydrogens is 152 g/mol. The second kappa shape index (κ2) is 3.67. The lowest BCUT2D eigenvalue weighted by Crippen LogP contribution is -2.25. The molecule has 4 nitrogen and oxygen atoms in total. The van der Waals surface area contributed by atoms with E-state index in [0.29, 0.717) is 6.54 Å². The first kappa shape index (κ1) is 9.19. The van der Waals surface area contributed by atoms with Crippen LogP contribution < -0.4 is 5.73 Å². The van der Waals surface area contributed by atoms with Gasteiger partial charge in [-0.1, -0.05) is 13.8 Å². The van der Waals surface area contributed by atoms with Crippen molar-refractivity contribution in [1.29, 1.82) is 0 Å². The highest BCUT2D eigenvalue weighted by Gasteiger charge is 2.14. The number of hydrogen-bond donors (Lipinski definition) is 1. The van der Waals surface area contributed by atoms with Crippen molar-refractivity contribution in [3.63, 3.8) is 0 Å². The maximum Gasteiger partial charge on any atom is 0.137 e. The standard InChI is InChI=1S/C8H16N4/c1-8(2,5-9)3-4-12-7-10-6-11-12/h6-7H,3-5,9H2,1-2H3. The van der Waals surface area contributed by atoms with E-state index in [9.17, 15) is 0 Å². The summed E-state index contributed by atoms with van der Waals surface area (Å²) in [5.74, 6) is 0. The highest BCUT2D eigenvalue weighted by atomic mass is 15.3. The summed E-state index contributed by atoms with van der Waals surface area (Å²) in [6, 6.07) is 0. The largest absolute Gasteiger partial charge is 0.330 e. The van der Waals surface area contributed by atoms with Gasteiger partial charge in [-0.3, -0.25) is 4.68 Å². The van der Waals surface area contributed by atoms with E-state index < -0.39 is 0 Å². The third kappa shape index (κ3) is 2.62. The first-order valence-electron chi connectivity index (χ1n) is 4.16. The van der Waals surface area contributed by atoms with Gasteiger partial charge in [0.25, 0.3) is 0 Å². The Hall–Kier alpha value is -0.900. The predicted octanol–water partition coefficient (Wildman–Crippen LogP) is 0.653. The normalized spacial score (nSPS) is 11.9. The molecule has 0 aliphatic carbocycles. The molecule has 0 spiro atoms. The van der Waals surface area contributed by atoms with Crippen molar-refractivity contribution in [2.75, 3.05) is 6.54 Å². The Balaban J connectivity index is 2.36. The summed E-state index contributed by atoms with van der Waals surface area (Å²) in [5, 5.41) is 4.02. The van der Waals surface area contributed by atoms with E-state index in [2.05, 4.69) is 23.9 Å². The van der Waals surface area contributed by atoms with E-state index in [1.807, 2.05) is 4.68 Å². The molecule has 68 valence electrons. The van der Waals surface area contributed by atoms with Gasteiger partial charge in [0.2, 0.25) is 0 Å². The fraction of sp³-hybridized carbons (Fsp3) is 0.750. The second-order valence-corrected chi connectivity index (χ2v) is 3.78. The quantitative estimate of drug-likeness (QED) is 0.718. The minimum absolute atomic E-state index is 0.200. The molecule has 4 heteroatoms. The van der Waals surface area contributed by atoms with E-state index in [-0.39, 0.29) is 5.41 Å². The second-order valence-electron chi connectivity index (χ2n) is 3.78. The van der Waals surface area contributed by atoms with Gasteiger partial charge in [0.1, 0.15) is 12.7 Å². The highest BCUT2D eigenvalue weighted by Crippen LogP contribution is 2.18. The number of aryl methyl sites for hydroxylation is 1. The third-order valence-corrected chi connectivity index (χ3v) is 2.04. The van der Waals surface area contributed by atoms with Crippen molar-refractivity contribution < 1.29 is 0 Å². The molecule has 1 aromatic heterocycles. The van der Waals surface area contributed by atoms with Gasteiger partial charge >= 0.3 is 0 Å². The summed E-state index contributed by atoms with van der Waals surface area (Å²) in [4.78, 5) is 3.87. The lowest BCUT2D eigenvalue weighted by molar-refractivity contribution is 0.316. The van der Waals surface area contributed by atoms with E-state index in [1.165, 1.54) is 0 Å². The van der Waals surface area contributed by atoms with Gasteiger partial charge in [-0.05, 0) is 18.4 Å². The van der Waals surface area contributed by atoms with E-state index in [1.54, 1.807) is 12.7 Å². The molecule has 1 rings (SSSR count). The zero-order valence-corrected chi connectivity index (χ0v) is 7.70. The maximum atomic E-state index is 5.60. The summed E-state index contributed by atoms with van der Waals surface area (Å²) in [5.41, 5.74) is 5.80. The van der Waals surface area contributed by atoms with Crippen LogP contribution in [0.3, 0.4) is 0 Å². The van der Waals surface area contributed by atoms with Crippen LogP contribution in [0.5, 0.6) is 0 Å². The molecule has 0 aromatic carbocycles. The zero-order valence-electron chi connectivity index (χ0n) is 7.70. The SMILES string of the molecule is CC(C)(CN)CCn1cncn1. The number of hydrogen-bond acceptors (Lipinski definition) is 3. The number of aromatic nitrogens is 3. The Labute approximate surface area is 72.8 Å². The fourth-order valence-corrected chi connectivity index (χ4v) is 0.867. The summed E-state index contributed by atoms with van der Waals surface area (Å²) >= 11 is 0. The van der Waals surface area contributed by atoms with Crippen LogP contribution in [0.4, 0.5) is 0 Å². The van der Waals surface area contributed by atoms with Gasteiger partial charge in [-0.15, -0.1) is 0 Å². The van der Waals surface area contributed by atoms with Crippen molar-refractivity contribution in [3.05, 3.63) is 12.7 Å². The zero-order chi connectivity index (χ0) is 9.03. The molecule has 0 aliphatic heterocycles. The molecule has 0 radical (unpaired) electrons. The van der Waals surface area contributed by atoms with Crippen molar-refractivity contribution in [2.24, 2.45) is 11.1 Å². The van der Waals surface area contributed by atoms with Crippen LogP contribution >= 0.6 is 0 Å². The van der Waals surface area contributed by atoms with Crippen molar-refractivity contribution in [1.82, 2.24) is 14.8 Å². The molecule has 0 atom stereocenters. The Morgan fingerprint density at radius 3 is 2.75 bits per heavy atom. The molecule has 0 aliphatic rings. The number of nitrogens with two attached hydrogens (primary N) is 1. The average Bonchev–Trinajstić information content (AvgIpc) is 2.53. The highest BCUT2D eigenvalue weighted by molar-refractivity contribution is 4.69. The van der Waals surface area contributed by atoms with Crippen molar-refractivity contribution in [2.45, 2.75) is 26.8 Å². The Morgan fingerprint density at radius 1 is 1.50 bits per heavy atom. The number of rotatable bonds is 4. The van der Waals surface area contributed by atoms with Crippen LogP contribution in [0.1, 0.15) is 20.3 Å². The van der Waals surface area contributed by atoms with E-state index in [4.69, 9.17) is 5.73 Å². The molecule has 0 saturated heterocycles. The molecule has 2 N–H and O–H groups in total. The van der Waals surface area contributed by atoms with Crippen LogP contribution in [0.25, 0.3) is 0 Å². The first-order chi connectivity index (χ1) is 5.64. The molecule has 0 saturated carbocycles. The Kier molecular flexibility index (Phi) is 2.81. The van der Waals surface area contributed by atoms with Crippen LogP contribution in [-0.2, 0) is 6.54 Å². The summed E-state index contributed by atoms with van der Waals surface area (Å²) in [7, 11) is 0. The Bertz CT molecular complexity index is 215. The van der Waals surface area contributed by atoms with Gasteiger partial charge in [0.05, 0.1) is 0 Å². The van der Waals surface area contributed by atoms with Crippen LogP contribution in [-0.4, -0.2) is 21.3 Å². The van der Waals surface area contributed by atoms with Crippen LogP contribution in [0, 0.1) is 5.41 Å². The summed E-state index contributed by atoms with van der Waals surface area (Å²) < 4.78 is 1.83. The first-order valence-corrected chi connectivity index (χ1v) is 4.16. The van der Waals surface area contributed by atoms with Crippen LogP contribution in [0.2, 0.25) is 0 Å². The maximum absolute atomic E-state index is 5.60. The van der Waals surface area contributed by atoms with Gasteiger partial charge in [0, 0.05) is 6.54 Å². The minimum Gasteiger partial charge on any atom is -0.330 e. The lowest BCUT2D eigenvalue weighted by atomic mass is 9.90. The predicted molar refractivity (Wildman–Crippen MR) is 47.5 cm³/mol. The lowest BCUT2D eigenvalue weighted by Gasteiger charge is -2.21. The number of nitrogens with zero attached hydrogens (tertiary/aromatic N) is 3. The molecule has 0 fully saturated rings. The average molecular weight is 168 g/mol. The van der Waals surface area contributed by atoms with Crippen molar-refractivity contribution in [3.8, 4) is 0 Å². The van der Waals surface area contributed by atoms with Crippen LogP contribution in [0.15, 0.2) is 12.7 Å². The van der Waals surface area contributed by atoms with Gasteiger partial charge < -0.3 is 5.73 Å². The smallest absolute Gasteiger partial charge is 0.137 e. The van der Waals surface area contributed by atoms with E-state index >= 15 is 0 Å². The molecule has 0 amide bonds. The third-order valence-electron chi connectivity index (χ3n) is 2.04. The van der Waals surface area contributed by atoms with Gasteiger partial charge in [-0.25, -0.2) is 4.98 Å².